The third kappa shape index (κ3) is 3.04. The second kappa shape index (κ2) is 6.86. The summed E-state index contributed by atoms with van der Waals surface area (Å²) in [5.41, 5.74) is 2.01. The SMILES string of the molecule is COc1ccccc1S(=O)(=O)N1CCN(c2nc3ccccc3n2C)CC1. The molecule has 0 radical (unpaired) electrons. The highest BCUT2D eigenvalue weighted by Gasteiger charge is 2.31. The van der Waals surface area contributed by atoms with Crippen LogP contribution < -0.4 is 9.64 Å². The molecule has 0 atom stereocenters. The van der Waals surface area contributed by atoms with E-state index >= 15 is 0 Å². The van der Waals surface area contributed by atoms with Crippen LogP contribution in [0.5, 0.6) is 5.75 Å². The highest BCUT2D eigenvalue weighted by molar-refractivity contribution is 7.89. The minimum absolute atomic E-state index is 0.212. The molecule has 0 spiro atoms. The first kappa shape index (κ1) is 17.8. The molecule has 4 rings (SSSR count). The molecule has 1 aliphatic rings. The number of methoxy groups -OCH3 is 1. The Labute approximate surface area is 158 Å². The summed E-state index contributed by atoms with van der Waals surface area (Å²) in [7, 11) is -0.118. The van der Waals surface area contributed by atoms with Gasteiger partial charge in [-0.05, 0) is 24.3 Å². The Balaban J connectivity index is 1.55. The quantitative estimate of drug-likeness (QED) is 0.687. The van der Waals surface area contributed by atoms with Crippen LogP contribution in [0.1, 0.15) is 0 Å². The highest BCUT2D eigenvalue weighted by Crippen LogP contribution is 2.28. The molecule has 1 aliphatic heterocycles. The molecule has 0 saturated carbocycles. The van der Waals surface area contributed by atoms with E-state index in [0.717, 1.165) is 17.0 Å². The van der Waals surface area contributed by atoms with E-state index < -0.39 is 10.0 Å². The number of hydrogen-bond donors (Lipinski definition) is 0. The summed E-state index contributed by atoms with van der Waals surface area (Å²) in [4.78, 5) is 7.05. The van der Waals surface area contributed by atoms with Crippen molar-refractivity contribution in [3.8, 4) is 5.75 Å². The standard InChI is InChI=1S/C19H22N4O3S/c1-21-16-8-4-3-7-15(16)20-19(21)22-11-13-23(14-12-22)27(24,25)18-10-6-5-9-17(18)26-2/h3-10H,11-14H2,1-2H3. The maximum atomic E-state index is 13.0. The molecule has 1 saturated heterocycles. The average Bonchev–Trinajstić information content (AvgIpc) is 3.05. The minimum Gasteiger partial charge on any atom is -0.495 e. The molecule has 1 fully saturated rings. The van der Waals surface area contributed by atoms with Gasteiger partial charge in [-0.25, -0.2) is 13.4 Å². The zero-order valence-corrected chi connectivity index (χ0v) is 16.2. The number of fused-ring (bicyclic) bond motifs is 1. The maximum absolute atomic E-state index is 13.0. The van der Waals surface area contributed by atoms with E-state index in [2.05, 4.69) is 9.47 Å². The van der Waals surface area contributed by atoms with E-state index in [1.54, 1.807) is 24.3 Å². The van der Waals surface area contributed by atoms with Crippen LogP contribution in [0.15, 0.2) is 53.4 Å². The lowest BCUT2D eigenvalue weighted by atomic mass is 10.3. The third-order valence-electron chi connectivity index (χ3n) is 4.97. The summed E-state index contributed by atoms with van der Waals surface area (Å²) in [5, 5.41) is 0. The topological polar surface area (TPSA) is 67.7 Å². The number of rotatable bonds is 4. The van der Waals surface area contributed by atoms with E-state index in [9.17, 15) is 8.42 Å². The number of hydrogen-bond acceptors (Lipinski definition) is 5. The number of ether oxygens (including phenoxy) is 1. The summed E-state index contributed by atoms with van der Waals surface area (Å²) < 4.78 is 34.9. The van der Waals surface area contributed by atoms with Crippen molar-refractivity contribution in [3.63, 3.8) is 0 Å². The first-order chi connectivity index (χ1) is 13.0. The van der Waals surface area contributed by atoms with Gasteiger partial charge in [-0.15, -0.1) is 0 Å². The summed E-state index contributed by atoms with van der Waals surface area (Å²) in [6.07, 6.45) is 0. The van der Waals surface area contributed by atoms with Gasteiger partial charge in [0.25, 0.3) is 0 Å². The van der Waals surface area contributed by atoms with Crippen molar-refractivity contribution in [2.24, 2.45) is 7.05 Å². The molecule has 142 valence electrons. The number of imidazole rings is 1. The molecule has 0 bridgehead atoms. The first-order valence-corrected chi connectivity index (χ1v) is 10.3. The van der Waals surface area contributed by atoms with E-state index in [1.807, 2.05) is 31.3 Å². The Hall–Kier alpha value is -2.58. The Morgan fingerprint density at radius 3 is 2.33 bits per heavy atom. The van der Waals surface area contributed by atoms with Gasteiger partial charge in [0.2, 0.25) is 16.0 Å². The fourth-order valence-electron chi connectivity index (χ4n) is 3.52. The smallest absolute Gasteiger partial charge is 0.246 e. The highest BCUT2D eigenvalue weighted by atomic mass is 32.2. The number of anilines is 1. The Bertz CT molecular complexity index is 1070. The molecule has 0 unspecified atom stereocenters. The molecule has 0 N–H and O–H groups in total. The third-order valence-corrected chi connectivity index (χ3v) is 6.91. The van der Waals surface area contributed by atoms with Crippen molar-refractivity contribution in [1.29, 1.82) is 0 Å². The number of nitrogens with zero attached hydrogens (tertiary/aromatic N) is 4. The monoisotopic (exact) mass is 386 g/mol. The van der Waals surface area contributed by atoms with Crippen molar-refractivity contribution in [1.82, 2.24) is 13.9 Å². The van der Waals surface area contributed by atoms with Crippen LogP contribution >= 0.6 is 0 Å². The van der Waals surface area contributed by atoms with E-state index in [4.69, 9.17) is 9.72 Å². The Kier molecular flexibility index (Phi) is 4.53. The molecule has 2 aromatic carbocycles. The van der Waals surface area contributed by atoms with Gasteiger partial charge in [-0.1, -0.05) is 24.3 Å². The lowest BCUT2D eigenvalue weighted by molar-refractivity contribution is 0.372. The van der Waals surface area contributed by atoms with Crippen molar-refractivity contribution < 1.29 is 13.2 Å². The van der Waals surface area contributed by atoms with Crippen LogP contribution in [0.3, 0.4) is 0 Å². The molecule has 0 amide bonds. The Morgan fingerprint density at radius 1 is 0.963 bits per heavy atom. The molecule has 0 aliphatic carbocycles. The zero-order valence-electron chi connectivity index (χ0n) is 15.4. The lowest BCUT2D eigenvalue weighted by Crippen LogP contribution is -2.49. The minimum atomic E-state index is -3.59. The number of aromatic nitrogens is 2. The zero-order chi connectivity index (χ0) is 19.0. The second-order valence-corrected chi connectivity index (χ2v) is 8.41. The van der Waals surface area contributed by atoms with Crippen molar-refractivity contribution in [2.45, 2.75) is 4.90 Å². The molecule has 3 aromatic rings. The molecule has 27 heavy (non-hydrogen) atoms. The number of piperazine rings is 1. The summed E-state index contributed by atoms with van der Waals surface area (Å²) in [6, 6.07) is 14.7. The molecule has 8 heteroatoms. The maximum Gasteiger partial charge on any atom is 0.246 e. The van der Waals surface area contributed by atoms with Crippen LogP contribution in [0, 0.1) is 0 Å². The lowest BCUT2D eigenvalue weighted by Gasteiger charge is -2.34. The predicted octanol–water partition coefficient (Wildman–Crippen LogP) is 2.09. The Morgan fingerprint density at radius 2 is 1.63 bits per heavy atom. The van der Waals surface area contributed by atoms with Gasteiger partial charge < -0.3 is 14.2 Å². The molecular formula is C19H22N4O3S. The fraction of sp³-hybridized carbons (Fsp3) is 0.316. The van der Waals surface area contributed by atoms with Crippen LogP contribution in [0.25, 0.3) is 11.0 Å². The number of para-hydroxylation sites is 3. The fourth-order valence-corrected chi connectivity index (χ4v) is 5.09. The molecule has 1 aromatic heterocycles. The van der Waals surface area contributed by atoms with Crippen LogP contribution in [-0.4, -0.2) is 55.6 Å². The van der Waals surface area contributed by atoms with Crippen LogP contribution in [-0.2, 0) is 17.1 Å². The number of aryl methyl sites for hydroxylation is 1. The first-order valence-electron chi connectivity index (χ1n) is 8.82. The molecular weight excluding hydrogens is 364 g/mol. The average molecular weight is 386 g/mol. The van der Waals surface area contributed by atoms with Crippen molar-refractivity contribution in [3.05, 3.63) is 48.5 Å². The number of sulfonamides is 1. The van der Waals surface area contributed by atoms with Crippen molar-refractivity contribution >= 4 is 27.0 Å². The largest absolute Gasteiger partial charge is 0.495 e. The van der Waals surface area contributed by atoms with E-state index in [-0.39, 0.29) is 4.90 Å². The van der Waals surface area contributed by atoms with Gasteiger partial charge in [0.15, 0.2) is 0 Å². The van der Waals surface area contributed by atoms with Gasteiger partial charge >= 0.3 is 0 Å². The summed E-state index contributed by atoms with van der Waals surface area (Å²) in [6.45, 7) is 1.99. The van der Waals surface area contributed by atoms with Gasteiger partial charge in [0, 0.05) is 33.2 Å². The van der Waals surface area contributed by atoms with Gasteiger partial charge in [-0.2, -0.15) is 4.31 Å². The van der Waals surface area contributed by atoms with Crippen LogP contribution in [0.2, 0.25) is 0 Å². The van der Waals surface area contributed by atoms with E-state index in [0.29, 0.717) is 31.9 Å². The van der Waals surface area contributed by atoms with Gasteiger partial charge in [0.1, 0.15) is 10.6 Å². The molecule has 7 nitrogen and oxygen atoms in total. The molecule has 2 heterocycles. The van der Waals surface area contributed by atoms with Crippen LogP contribution in [0.4, 0.5) is 5.95 Å². The second-order valence-electron chi connectivity index (χ2n) is 6.50. The summed E-state index contributed by atoms with van der Waals surface area (Å²) >= 11 is 0. The van der Waals surface area contributed by atoms with Gasteiger partial charge in [-0.3, -0.25) is 0 Å². The normalized spacial score (nSPS) is 16.0. The van der Waals surface area contributed by atoms with E-state index in [1.165, 1.54) is 11.4 Å². The van der Waals surface area contributed by atoms with Crippen molar-refractivity contribution in [2.75, 3.05) is 38.2 Å². The predicted molar refractivity (Wildman–Crippen MR) is 105 cm³/mol. The summed E-state index contributed by atoms with van der Waals surface area (Å²) in [5.74, 6) is 1.24. The van der Waals surface area contributed by atoms with Gasteiger partial charge in [0.05, 0.1) is 18.1 Å². The number of benzene rings is 2.